The Labute approximate surface area is 116 Å². The maximum atomic E-state index is 12.2. The van der Waals surface area contributed by atoms with E-state index in [-0.39, 0.29) is 11.6 Å². The van der Waals surface area contributed by atoms with E-state index in [1.165, 1.54) is 19.3 Å². The second kappa shape index (κ2) is 4.96. The summed E-state index contributed by atoms with van der Waals surface area (Å²) in [7, 11) is 0. The molecule has 106 valence electrons. The van der Waals surface area contributed by atoms with Gasteiger partial charge in [-0.3, -0.25) is 0 Å². The molecular formula is C17H26O2. The van der Waals surface area contributed by atoms with Crippen LogP contribution < -0.4 is 0 Å². The summed E-state index contributed by atoms with van der Waals surface area (Å²) in [6.07, 6.45) is 11.7. The van der Waals surface area contributed by atoms with Gasteiger partial charge in [0, 0.05) is 5.57 Å². The van der Waals surface area contributed by atoms with Gasteiger partial charge < -0.3 is 4.74 Å². The minimum absolute atomic E-state index is 0.0598. The molecule has 0 atom stereocenters. The minimum Gasteiger partial charge on any atom is -0.456 e. The SMILES string of the molecule is CCCC=C(C)C(=O)OC12CC3CC(CC(C3)C1)C2. The van der Waals surface area contributed by atoms with Crippen LogP contribution in [-0.2, 0) is 9.53 Å². The van der Waals surface area contributed by atoms with Crippen LogP contribution in [0.5, 0.6) is 0 Å². The first-order chi connectivity index (χ1) is 9.10. The monoisotopic (exact) mass is 262 g/mol. The molecule has 4 saturated carbocycles. The largest absolute Gasteiger partial charge is 0.456 e. The Hall–Kier alpha value is -0.790. The number of hydrogen-bond donors (Lipinski definition) is 0. The van der Waals surface area contributed by atoms with E-state index in [4.69, 9.17) is 4.74 Å². The van der Waals surface area contributed by atoms with Gasteiger partial charge in [0.1, 0.15) is 5.60 Å². The van der Waals surface area contributed by atoms with Crippen molar-refractivity contribution < 1.29 is 9.53 Å². The van der Waals surface area contributed by atoms with Crippen LogP contribution in [0, 0.1) is 17.8 Å². The molecule has 0 unspecified atom stereocenters. The lowest BCUT2D eigenvalue weighted by atomic mass is 9.54. The topological polar surface area (TPSA) is 26.3 Å². The number of ether oxygens (including phenoxy) is 1. The number of carbonyl (C=O) groups is 1. The van der Waals surface area contributed by atoms with E-state index in [1.54, 1.807) is 0 Å². The summed E-state index contributed by atoms with van der Waals surface area (Å²) in [5, 5.41) is 0. The quantitative estimate of drug-likeness (QED) is 0.559. The second-order valence-electron chi connectivity index (χ2n) is 7.17. The Morgan fingerprint density at radius 3 is 2.16 bits per heavy atom. The molecule has 4 aliphatic rings. The molecule has 0 heterocycles. The maximum Gasteiger partial charge on any atom is 0.333 e. The van der Waals surface area contributed by atoms with Crippen LogP contribution in [0.25, 0.3) is 0 Å². The number of esters is 1. The molecule has 0 amide bonds. The summed E-state index contributed by atoms with van der Waals surface area (Å²) >= 11 is 0. The summed E-state index contributed by atoms with van der Waals surface area (Å²) in [5.41, 5.74) is 0.713. The molecule has 4 fully saturated rings. The van der Waals surface area contributed by atoms with Crippen molar-refractivity contribution in [2.75, 3.05) is 0 Å². The maximum absolute atomic E-state index is 12.2. The highest BCUT2D eigenvalue weighted by molar-refractivity contribution is 5.88. The van der Waals surface area contributed by atoms with E-state index >= 15 is 0 Å². The molecule has 0 N–H and O–H groups in total. The summed E-state index contributed by atoms with van der Waals surface area (Å²) in [5.74, 6) is 2.44. The molecule has 0 aromatic rings. The van der Waals surface area contributed by atoms with E-state index in [0.717, 1.165) is 55.4 Å². The van der Waals surface area contributed by atoms with Crippen LogP contribution in [-0.4, -0.2) is 11.6 Å². The molecular weight excluding hydrogens is 236 g/mol. The predicted octanol–water partition coefficient (Wildman–Crippen LogP) is 4.24. The molecule has 0 saturated heterocycles. The number of rotatable bonds is 4. The fraction of sp³-hybridized carbons (Fsp3) is 0.824. The van der Waals surface area contributed by atoms with Crippen LogP contribution >= 0.6 is 0 Å². The third-order valence-corrected chi connectivity index (χ3v) is 5.35. The van der Waals surface area contributed by atoms with Crippen molar-refractivity contribution in [3.8, 4) is 0 Å². The minimum atomic E-state index is -0.0901. The highest BCUT2D eigenvalue weighted by Crippen LogP contribution is 2.57. The predicted molar refractivity (Wildman–Crippen MR) is 75.7 cm³/mol. The zero-order chi connectivity index (χ0) is 13.5. The van der Waals surface area contributed by atoms with Crippen molar-refractivity contribution in [2.24, 2.45) is 17.8 Å². The normalized spacial score (nSPS) is 40.5. The van der Waals surface area contributed by atoms with Crippen molar-refractivity contribution in [3.05, 3.63) is 11.6 Å². The summed E-state index contributed by atoms with van der Waals surface area (Å²) < 4.78 is 6.00. The molecule has 4 aliphatic carbocycles. The molecule has 0 radical (unpaired) electrons. The molecule has 19 heavy (non-hydrogen) atoms. The lowest BCUT2D eigenvalue weighted by Gasteiger charge is -2.55. The lowest BCUT2D eigenvalue weighted by Crippen LogP contribution is -2.52. The number of hydrogen-bond acceptors (Lipinski definition) is 2. The van der Waals surface area contributed by atoms with Crippen molar-refractivity contribution in [1.82, 2.24) is 0 Å². The van der Waals surface area contributed by atoms with Crippen LogP contribution in [0.1, 0.15) is 65.2 Å². The Morgan fingerprint density at radius 1 is 1.16 bits per heavy atom. The fourth-order valence-corrected chi connectivity index (χ4v) is 4.88. The third kappa shape index (κ3) is 2.59. The smallest absolute Gasteiger partial charge is 0.333 e. The van der Waals surface area contributed by atoms with Gasteiger partial charge in [-0.05, 0) is 69.6 Å². The molecule has 4 bridgehead atoms. The van der Waals surface area contributed by atoms with Gasteiger partial charge in [0.25, 0.3) is 0 Å². The van der Waals surface area contributed by atoms with E-state index in [9.17, 15) is 4.79 Å². The first kappa shape index (κ1) is 13.2. The zero-order valence-electron chi connectivity index (χ0n) is 12.3. The highest BCUT2D eigenvalue weighted by Gasteiger charge is 2.53. The third-order valence-electron chi connectivity index (χ3n) is 5.35. The van der Waals surface area contributed by atoms with Gasteiger partial charge >= 0.3 is 5.97 Å². The summed E-state index contributed by atoms with van der Waals surface area (Å²) in [4.78, 5) is 12.2. The Bertz CT molecular complexity index is 359. The molecule has 0 aromatic heterocycles. The molecule has 0 aliphatic heterocycles. The zero-order valence-corrected chi connectivity index (χ0v) is 12.3. The van der Waals surface area contributed by atoms with E-state index in [1.807, 2.05) is 13.0 Å². The first-order valence-electron chi connectivity index (χ1n) is 8.00. The van der Waals surface area contributed by atoms with Crippen LogP contribution in [0.2, 0.25) is 0 Å². The number of allylic oxidation sites excluding steroid dienone is 1. The summed E-state index contributed by atoms with van der Waals surface area (Å²) in [6, 6.07) is 0. The molecule has 0 aromatic carbocycles. The number of carbonyl (C=O) groups excluding carboxylic acids is 1. The second-order valence-corrected chi connectivity index (χ2v) is 7.17. The van der Waals surface area contributed by atoms with Crippen LogP contribution in [0.4, 0.5) is 0 Å². The molecule has 4 rings (SSSR count). The van der Waals surface area contributed by atoms with Crippen LogP contribution in [0.3, 0.4) is 0 Å². The van der Waals surface area contributed by atoms with E-state index in [2.05, 4.69) is 6.92 Å². The van der Waals surface area contributed by atoms with Gasteiger partial charge in [0.05, 0.1) is 0 Å². The van der Waals surface area contributed by atoms with Crippen LogP contribution in [0.15, 0.2) is 11.6 Å². The van der Waals surface area contributed by atoms with E-state index in [0.29, 0.717) is 0 Å². The lowest BCUT2D eigenvalue weighted by molar-refractivity contribution is -0.182. The highest BCUT2D eigenvalue weighted by atomic mass is 16.6. The average Bonchev–Trinajstić information content (AvgIpc) is 2.33. The van der Waals surface area contributed by atoms with Crippen molar-refractivity contribution in [2.45, 2.75) is 70.8 Å². The Kier molecular flexibility index (Phi) is 3.44. The summed E-state index contributed by atoms with van der Waals surface area (Å²) in [6.45, 7) is 4.03. The van der Waals surface area contributed by atoms with Crippen molar-refractivity contribution >= 4 is 5.97 Å². The van der Waals surface area contributed by atoms with E-state index < -0.39 is 0 Å². The van der Waals surface area contributed by atoms with Gasteiger partial charge in [-0.1, -0.05) is 19.4 Å². The van der Waals surface area contributed by atoms with Crippen molar-refractivity contribution in [1.29, 1.82) is 0 Å². The Morgan fingerprint density at radius 2 is 1.68 bits per heavy atom. The van der Waals surface area contributed by atoms with Gasteiger partial charge in [0.15, 0.2) is 0 Å². The van der Waals surface area contributed by atoms with Gasteiger partial charge in [-0.2, -0.15) is 0 Å². The van der Waals surface area contributed by atoms with Crippen molar-refractivity contribution in [3.63, 3.8) is 0 Å². The van der Waals surface area contributed by atoms with Gasteiger partial charge in [0.2, 0.25) is 0 Å². The Balaban J connectivity index is 1.67. The first-order valence-corrected chi connectivity index (χ1v) is 8.00. The fourth-order valence-electron chi connectivity index (χ4n) is 4.88. The van der Waals surface area contributed by atoms with Gasteiger partial charge in [-0.25, -0.2) is 4.79 Å². The standard InChI is InChI=1S/C17H26O2/c1-3-4-5-12(2)16(18)19-17-9-13-6-14(10-17)8-15(7-13)11-17/h5,13-15H,3-4,6-11H2,1-2H3. The molecule has 2 nitrogen and oxygen atoms in total. The number of unbranched alkanes of at least 4 members (excludes halogenated alkanes) is 1. The molecule has 0 spiro atoms. The average molecular weight is 262 g/mol. The molecule has 2 heteroatoms. The van der Waals surface area contributed by atoms with Gasteiger partial charge in [-0.15, -0.1) is 0 Å².